The van der Waals surface area contributed by atoms with Crippen LogP contribution in [0.1, 0.15) is 33.1 Å². The highest BCUT2D eigenvalue weighted by Crippen LogP contribution is 2.37. The Morgan fingerprint density at radius 1 is 1.33 bits per heavy atom. The minimum atomic E-state index is -0.170. The normalized spacial score (nSPS) is 18.3. The predicted octanol–water partition coefficient (Wildman–Crippen LogP) is 4.40. The first-order valence-electron chi connectivity index (χ1n) is 6.65. The van der Waals surface area contributed by atoms with Gasteiger partial charge in [-0.05, 0) is 48.4 Å². The Kier molecular flexibility index (Phi) is 3.74. The van der Waals surface area contributed by atoms with E-state index in [-0.39, 0.29) is 11.2 Å². The van der Waals surface area contributed by atoms with E-state index < -0.39 is 0 Å². The van der Waals surface area contributed by atoms with Crippen molar-refractivity contribution in [3.63, 3.8) is 0 Å². The molecule has 0 fully saturated rings. The van der Waals surface area contributed by atoms with Gasteiger partial charge in [-0.3, -0.25) is 0 Å². The van der Waals surface area contributed by atoms with Crippen LogP contribution in [0, 0.1) is 11.2 Å². The topological polar surface area (TPSA) is 3.24 Å². The van der Waals surface area contributed by atoms with Crippen molar-refractivity contribution in [2.45, 2.75) is 33.1 Å². The number of hydrogen-bond acceptors (Lipinski definition) is 1. The van der Waals surface area contributed by atoms with Gasteiger partial charge in [-0.25, -0.2) is 4.39 Å². The molecule has 0 N–H and O–H groups in total. The van der Waals surface area contributed by atoms with Crippen LogP contribution in [0.15, 0.2) is 35.9 Å². The van der Waals surface area contributed by atoms with Crippen molar-refractivity contribution < 1.29 is 4.39 Å². The molecule has 1 aromatic rings. The molecule has 98 valence electrons. The summed E-state index contributed by atoms with van der Waals surface area (Å²) in [5, 5.41) is 0. The van der Waals surface area contributed by atoms with E-state index in [0.29, 0.717) is 0 Å². The molecule has 0 amide bonds. The van der Waals surface area contributed by atoms with E-state index in [1.807, 2.05) is 13.1 Å². The molecule has 0 bridgehead atoms. The average molecular weight is 247 g/mol. The van der Waals surface area contributed by atoms with Crippen molar-refractivity contribution in [1.82, 2.24) is 0 Å². The van der Waals surface area contributed by atoms with Gasteiger partial charge in [0.2, 0.25) is 0 Å². The van der Waals surface area contributed by atoms with Crippen molar-refractivity contribution in [3.8, 4) is 0 Å². The Labute approximate surface area is 109 Å². The number of allylic oxidation sites excluding steroid dienone is 1. The zero-order valence-electron chi connectivity index (χ0n) is 11.5. The van der Waals surface area contributed by atoms with Crippen molar-refractivity contribution in [1.29, 1.82) is 0 Å². The van der Waals surface area contributed by atoms with Gasteiger partial charge in [0.25, 0.3) is 0 Å². The van der Waals surface area contributed by atoms with Gasteiger partial charge in [-0.2, -0.15) is 0 Å². The maximum absolute atomic E-state index is 13.2. The third-order valence-corrected chi connectivity index (χ3v) is 3.92. The molecule has 2 heteroatoms. The molecule has 18 heavy (non-hydrogen) atoms. The Morgan fingerprint density at radius 2 is 2.11 bits per heavy atom. The number of hydrogen-bond donors (Lipinski definition) is 0. The van der Waals surface area contributed by atoms with E-state index >= 15 is 0 Å². The van der Waals surface area contributed by atoms with Crippen LogP contribution in [0.4, 0.5) is 10.1 Å². The minimum Gasteiger partial charge on any atom is -0.370 e. The minimum absolute atomic E-state index is 0.170. The van der Waals surface area contributed by atoms with Crippen molar-refractivity contribution in [2.24, 2.45) is 5.41 Å². The number of likely N-dealkylation sites (N-methyl/N-ethyl adjacent to an activating group) is 1. The quantitative estimate of drug-likeness (QED) is 0.716. The van der Waals surface area contributed by atoms with E-state index in [4.69, 9.17) is 0 Å². The van der Waals surface area contributed by atoms with Crippen LogP contribution in [0.3, 0.4) is 0 Å². The number of anilines is 1. The lowest BCUT2D eigenvalue weighted by molar-refractivity contribution is 0.369. The van der Waals surface area contributed by atoms with Gasteiger partial charge in [0, 0.05) is 19.3 Å². The highest BCUT2D eigenvalue weighted by molar-refractivity contribution is 5.47. The van der Waals surface area contributed by atoms with Crippen molar-refractivity contribution in [3.05, 3.63) is 41.7 Å². The molecule has 0 saturated carbocycles. The summed E-state index contributed by atoms with van der Waals surface area (Å²) in [5.41, 5.74) is 2.69. The summed E-state index contributed by atoms with van der Waals surface area (Å²) in [6, 6.07) is 6.80. The fourth-order valence-electron chi connectivity index (χ4n) is 2.60. The molecule has 0 unspecified atom stereocenters. The molecule has 1 aliphatic carbocycles. The first-order chi connectivity index (χ1) is 8.49. The number of halogens is 1. The lowest BCUT2D eigenvalue weighted by atomic mass is 9.75. The third-order valence-electron chi connectivity index (χ3n) is 3.92. The zero-order valence-corrected chi connectivity index (χ0v) is 11.5. The summed E-state index contributed by atoms with van der Waals surface area (Å²) in [6.07, 6.45) is 6.06. The van der Waals surface area contributed by atoms with E-state index in [1.54, 1.807) is 12.1 Å². The lowest BCUT2D eigenvalue weighted by Gasteiger charge is -2.35. The van der Waals surface area contributed by atoms with Gasteiger partial charge in [0.1, 0.15) is 5.82 Å². The van der Waals surface area contributed by atoms with E-state index in [1.165, 1.54) is 30.9 Å². The molecule has 0 aliphatic heterocycles. The Hall–Kier alpha value is -1.31. The first kappa shape index (κ1) is 13.1. The monoisotopic (exact) mass is 247 g/mol. The standard InChI is InChI=1S/C16H22FN/c1-16(2)10-5-4-7-13(16)12-18(3)15-9-6-8-14(17)11-15/h6-9,11H,4-5,10,12H2,1-3H3. The van der Waals surface area contributed by atoms with E-state index in [9.17, 15) is 4.39 Å². The molecule has 0 spiro atoms. The maximum atomic E-state index is 13.2. The second-order valence-corrected chi connectivity index (χ2v) is 5.84. The molecular weight excluding hydrogens is 225 g/mol. The fraction of sp³-hybridized carbons (Fsp3) is 0.500. The summed E-state index contributed by atoms with van der Waals surface area (Å²) in [5.74, 6) is -0.170. The SMILES string of the molecule is CN(CC1=CCCCC1(C)C)c1cccc(F)c1. The zero-order chi connectivity index (χ0) is 13.2. The Balaban J connectivity index is 2.12. The van der Waals surface area contributed by atoms with Crippen LogP contribution in [0.25, 0.3) is 0 Å². The summed E-state index contributed by atoms with van der Waals surface area (Å²) >= 11 is 0. The Bertz CT molecular complexity index is 448. The summed E-state index contributed by atoms with van der Waals surface area (Å²) in [7, 11) is 2.03. The molecule has 0 heterocycles. The highest BCUT2D eigenvalue weighted by atomic mass is 19.1. The van der Waals surface area contributed by atoms with E-state index in [0.717, 1.165) is 12.2 Å². The fourth-order valence-corrected chi connectivity index (χ4v) is 2.60. The molecule has 0 aromatic heterocycles. The molecular formula is C16H22FN. The molecule has 1 aliphatic rings. The van der Waals surface area contributed by atoms with Gasteiger partial charge in [-0.1, -0.05) is 26.0 Å². The maximum Gasteiger partial charge on any atom is 0.125 e. The molecule has 1 nitrogen and oxygen atoms in total. The first-order valence-corrected chi connectivity index (χ1v) is 6.65. The van der Waals surface area contributed by atoms with Crippen LogP contribution in [0.2, 0.25) is 0 Å². The second-order valence-electron chi connectivity index (χ2n) is 5.84. The molecule has 1 aromatic carbocycles. The molecule has 2 rings (SSSR count). The smallest absolute Gasteiger partial charge is 0.125 e. The number of benzene rings is 1. The van der Waals surface area contributed by atoms with Gasteiger partial charge in [-0.15, -0.1) is 0 Å². The average Bonchev–Trinajstić information content (AvgIpc) is 2.31. The lowest BCUT2D eigenvalue weighted by Crippen LogP contribution is -2.29. The summed E-state index contributed by atoms with van der Waals surface area (Å²) in [6.45, 7) is 5.49. The highest BCUT2D eigenvalue weighted by Gasteiger charge is 2.26. The van der Waals surface area contributed by atoms with Crippen molar-refractivity contribution in [2.75, 3.05) is 18.5 Å². The van der Waals surface area contributed by atoms with Crippen LogP contribution < -0.4 is 4.90 Å². The van der Waals surface area contributed by atoms with E-state index in [2.05, 4.69) is 24.8 Å². The number of rotatable bonds is 3. The van der Waals surface area contributed by atoms with Gasteiger partial charge in [0.15, 0.2) is 0 Å². The van der Waals surface area contributed by atoms with Gasteiger partial charge >= 0.3 is 0 Å². The third kappa shape index (κ3) is 2.92. The largest absolute Gasteiger partial charge is 0.370 e. The Morgan fingerprint density at radius 3 is 2.78 bits per heavy atom. The van der Waals surface area contributed by atoms with Crippen molar-refractivity contribution >= 4 is 5.69 Å². The molecule has 0 saturated heterocycles. The van der Waals surface area contributed by atoms with Gasteiger partial charge in [0.05, 0.1) is 0 Å². The predicted molar refractivity (Wildman–Crippen MR) is 75.4 cm³/mol. The summed E-state index contributed by atoms with van der Waals surface area (Å²) in [4.78, 5) is 2.13. The van der Waals surface area contributed by atoms with Crippen LogP contribution in [-0.2, 0) is 0 Å². The number of nitrogens with zero attached hydrogens (tertiary/aromatic N) is 1. The van der Waals surface area contributed by atoms with Crippen LogP contribution >= 0.6 is 0 Å². The molecule has 0 radical (unpaired) electrons. The summed E-state index contributed by atoms with van der Waals surface area (Å²) < 4.78 is 13.2. The second kappa shape index (κ2) is 5.13. The van der Waals surface area contributed by atoms with Crippen LogP contribution in [-0.4, -0.2) is 13.6 Å². The molecule has 0 atom stereocenters. The van der Waals surface area contributed by atoms with Gasteiger partial charge < -0.3 is 4.90 Å². The van der Waals surface area contributed by atoms with Crippen LogP contribution in [0.5, 0.6) is 0 Å².